The molecule has 6 heteroatoms. The van der Waals surface area contributed by atoms with E-state index in [2.05, 4.69) is 20.8 Å². The number of carbonyl (C=O) groups excluding carboxylic acids is 1. The van der Waals surface area contributed by atoms with Crippen LogP contribution in [-0.4, -0.2) is 54.8 Å². The minimum Gasteiger partial charge on any atom is -0.394 e. The number of aliphatic hydroxyl groups excluding tert-OH is 2. The first-order valence-electron chi connectivity index (χ1n) is 20.3. The van der Waals surface area contributed by atoms with Gasteiger partial charge >= 0.3 is 0 Å². The summed E-state index contributed by atoms with van der Waals surface area (Å²) in [5, 5.41) is 19.0. The van der Waals surface area contributed by atoms with Crippen molar-refractivity contribution in [3.05, 3.63) is 0 Å². The van der Waals surface area contributed by atoms with Crippen LogP contribution in [0.5, 0.6) is 0 Å². The van der Waals surface area contributed by atoms with Crippen molar-refractivity contribution in [3.63, 3.8) is 0 Å². The monoisotopic (exact) mass is 656 g/mol. The van der Waals surface area contributed by atoms with Gasteiger partial charge in [0.15, 0.2) is 0 Å². The van der Waals surface area contributed by atoms with Crippen molar-refractivity contribution in [3.8, 4) is 0 Å². The van der Waals surface area contributed by atoms with E-state index >= 15 is 0 Å². The third-order valence-electron chi connectivity index (χ3n) is 9.99. The topological polar surface area (TPSA) is 102 Å². The second-order valence-electron chi connectivity index (χ2n) is 14.2. The molecule has 0 spiro atoms. The number of aliphatic hydroxyl groups is 2. The van der Waals surface area contributed by atoms with Crippen LogP contribution in [0.1, 0.15) is 207 Å². The fraction of sp³-hybridized carbons (Fsp3) is 0.975. The smallest absolute Gasteiger partial charge is 0.226 e. The summed E-state index contributed by atoms with van der Waals surface area (Å²) in [6.07, 6.45) is 33.6. The largest absolute Gasteiger partial charge is 0.394 e. The maximum absolute atomic E-state index is 13.1. The predicted molar refractivity (Wildman–Crippen MR) is 196 cm³/mol. The SMILES string of the molecule is CCCCCCCCCCCCCCCCOCCCC(CCCCCCCCCCCC)(C(N)=O)C(CC)OCCC(O)CO. The van der Waals surface area contributed by atoms with Crippen LogP contribution in [0, 0.1) is 5.41 Å². The number of nitrogens with two attached hydrogens (primary N) is 1. The molecule has 276 valence electrons. The van der Waals surface area contributed by atoms with Crippen LogP contribution >= 0.6 is 0 Å². The lowest BCUT2D eigenvalue weighted by atomic mass is 9.72. The molecule has 1 amide bonds. The average Bonchev–Trinajstić information content (AvgIpc) is 3.06. The zero-order valence-electron chi connectivity index (χ0n) is 31.2. The van der Waals surface area contributed by atoms with Crippen LogP contribution in [0.4, 0.5) is 0 Å². The molecule has 6 nitrogen and oxygen atoms in total. The van der Waals surface area contributed by atoms with Gasteiger partial charge in [0, 0.05) is 19.8 Å². The van der Waals surface area contributed by atoms with E-state index in [1.54, 1.807) is 0 Å². The first-order valence-corrected chi connectivity index (χ1v) is 20.3. The Morgan fingerprint density at radius 3 is 1.39 bits per heavy atom. The van der Waals surface area contributed by atoms with Gasteiger partial charge in [-0.2, -0.15) is 0 Å². The number of hydrogen-bond acceptors (Lipinski definition) is 5. The maximum atomic E-state index is 13.1. The lowest BCUT2D eigenvalue weighted by Crippen LogP contribution is -2.48. The van der Waals surface area contributed by atoms with Crippen molar-refractivity contribution >= 4 is 5.91 Å². The number of primary amides is 1. The van der Waals surface area contributed by atoms with Crippen molar-refractivity contribution in [1.29, 1.82) is 0 Å². The summed E-state index contributed by atoms with van der Waals surface area (Å²) >= 11 is 0. The van der Waals surface area contributed by atoms with Crippen molar-refractivity contribution in [2.75, 3.05) is 26.4 Å². The zero-order valence-corrected chi connectivity index (χ0v) is 31.2. The van der Waals surface area contributed by atoms with Gasteiger partial charge in [-0.05, 0) is 38.5 Å². The standard InChI is InChI=1S/C40H81NO5/c1-4-7-9-11-13-15-17-18-19-20-22-24-26-28-33-45-34-29-32-40(39(41)44,38(6-3)46-35-30-37(43)36-42)31-27-25-23-21-16-14-12-10-8-5-2/h37-38,42-43H,4-36H2,1-3H3,(H2,41,44). The highest BCUT2D eigenvalue weighted by atomic mass is 16.5. The molecular formula is C40H81NO5. The molecular weight excluding hydrogens is 574 g/mol. The molecule has 0 aliphatic heterocycles. The van der Waals surface area contributed by atoms with Gasteiger partial charge in [-0.25, -0.2) is 0 Å². The molecule has 0 fully saturated rings. The summed E-state index contributed by atoms with van der Waals surface area (Å²) in [5.41, 5.74) is 5.43. The fourth-order valence-electron chi connectivity index (χ4n) is 6.88. The molecule has 0 aromatic carbocycles. The van der Waals surface area contributed by atoms with Gasteiger partial charge in [-0.1, -0.05) is 168 Å². The summed E-state index contributed by atoms with van der Waals surface area (Å²) in [6, 6.07) is 0. The molecule has 4 N–H and O–H groups in total. The first kappa shape index (κ1) is 45.3. The van der Waals surface area contributed by atoms with Gasteiger partial charge < -0.3 is 25.4 Å². The normalized spacial score (nSPS) is 14.4. The number of carbonyl (C=O) groups is 1. The molecule has 0 bridgehead atoms. The molecule has 0 aliphatic carbocycles. The van der Waals surface area contributed by atoms with Gasteiger partial charge in [-0.15, -0.1) is 0 Å². The number of hydrogen-bond donors (Lipinski definition) is 3. The summed E-state index contributed by atoms with van der Waals surface area (Å²) in [7, 11) is 0. The Labute approximate surface area is 286 Å². The van der Waals surface area contributed by atoms with E-state index in [0.29, 0.717) is 32.5 Å². The van der Waals surface area contributed by atoms with Crippen LogP contribution in [0.3, 0.4) is 0 Å². The Kier molecular flexibility index (Phi) is 33.7. The van der Waals surface area contributed by atoms with E-state index in [-0.39, 0.29) is 18.6 Å². The molecule has 0 heterocycles. The van der Waals surface area contributed by atoms with E-state index in [9.17, 15) is 15.0 Å². The molecule has 0 saturated heterocycles. The molecule has 0 saturated carbocycles. The van der Waals surface area contributed by atoms with Gasteiger partial charge in [0.1, 0.15) is 0 Å². The molecule has 0 rings (SSSR count). The lowest BCUT2D eigenvalue weighted by Gasteiger charge is -2.38. The quantitative estimate of drug-likeness (QED) is 0.0575. The van der Waals surface area contributed by atoms with E-state index in [4.69, 9.17) is 15.2 Å². The Morgan fingerprint density at radius 1 is 0.587 bits per heavy atom. The molecule has 0 aromatic rings. The van der Waals surface area contributed by atoms with Gasteiger partial charge in [-0.3, -0.25) is 4.79 Å². The summed E-state index contributed by atoms with van der Waals surface area (Å²) in [5.74, 6) is -0.273. The summed E-state index contributed by atoms with van der Waals surface area (Å²) in [6.45, 7) is 8.04. The Bertz CT molecular complexity index is 633. The van der Waals surface area contributed by atoms with Gasteiger partial charge in [0.05, 0.1) is 24.2 Å². The van der Waals surface area contributed by atoms with E-state index in [1.165, 1.54) is 135 Å². The van der Waals surface area contributed by atoms with Crippen LogP contribution in [0.25, 0.3) is 0 Å². The Morgan fingerprint density at radius 2 is 0.978 bits per heavy atom. The third-order valence-corrected chi connectivity index (χ3v) is 9.99. The van der Waals surface area contributed by atoms with Crippen molar-refractivity contribution < 1.29 is 24.5 Å². The highest BCUT2D eigenvalue weighted by Gasteiger charge is 2.43. The van der Waals surface area contributed by atoms with E-state index in [1.807, 2.05) is 0 Å². The molecule has 0 radical (unpaired) electrons. The summed E-state index contributed by atoms with van der Waals surface area (Å²) in [4.78, 5) is 13.1. The Balaban J connectivity index is 4.41. The van der Waals surface area contributed by atoms with Gasteiger partial charge in [0.2, 0.25) is 5.91 Å². The lowest BCUT2D eigenvalue weighted by molar-refractivity contribution is -0.142. The van der Waals surface area contributed by atoms with Crippen LogP contribution in [0.2, 0.25) is 0 Å². The molecule has 3 atom stereocenters. The number of rotatable bonds is 38. The molecule has 0 aromatic heterocycles. The number of unbranched alkanes of at least 4 members (excludes halogenated alkanes) is 22. The highest BCUT2D eigenvalue weighted by molar-refractivity contribution is 5.81. The van der Waals surface area contributed by atoms with Crippen LogP contribution < -0.4 is 5.73 Å². The number of amides is 1. The molecule has 46 heavy (non-hydrogen) atoms. The second-order valence-corrected chi connectivity index (χ2v) is 14.2. The van der Waals surface area contributed by atoms with E-state index < -0.39 is 11.5 Å². The summed E-state index contributed by atoms with van der Waals surface area (Å²) < 4.78 is 12.2. The minimum absolute atomic E-state index is 0.273. The van der Waals surface area contributed by atoms with Crippen molar-refractivity contribution in [1.82, 2.24) is 0 Å². The zero-order chi connectivity index (χ0) is 34.0. The van der Waals surface area contributed by atoms with Crippen molar-refractivity contribution in [2.45, 2.75) is 219 Å². The van der Waals surface area contributed by atoms with Gasteiger partial charge in [0.25, 0.3) is 0 Å². The Hall–Kier alpha value is -0.690. The predicted octanol–water partition coefficient (Wildman–Crippen LogP) is 10.6. The minimum atomic E-state index is -0.800. The molecule has 3 unspecified atom stereocenters. The van der Waals surface area contributed by atoms with Crippen LogP contribution in [0.15, 0.2) is 0 Å². The van der Waals surface area contributed by atoms with E-state index in [0.717, 1.165) is 38.7 Å². The van der Waals surface area contributed by atoms with Crippen LogP contribution in [-0.2, 0) is 14.3 Å². The first-order chi connectivity index (χ1) is 22.5. The third kappa shape index (κ3) is 25.3. The highest BCUT2D eigenvalue weighted by Crippen LogP contribution is 2.38. The molecule has 0 aliphatic rings. The fourth-order valence-corrected chi connectivity index (χ4v) is 6.88. The maximum Gasteiger partial charge on any atom is 0.226 e. The van der Waals surface area contributed by atoms with Crippen molar-refractivity contribution in [2.24, 2.45) is 11.1 Å². The number of ether oxygens (including phenoxy) is 2. The average molecular weight is 656 g/mol. The second kappa shape index (κ2) is 34.2.